The largest absolute Gasteiger partial charge is 0.506 e. The lowest BCUT2D eigenvalue weighted by Gasteiger charge is -2.23. The molecular formula is C12H13ClF3NO2. The average Bonchev–Trinajstić information content (AvgIpc) is 2.29. The van der Waals surface area contributed by atoms with Gasteiger partial charge in [0.2, 0.25) is 0 Å². The molecule has 0 bridgehead atoms. The van der Waals surface area contributed by atoms with Gasteiger partial charge in [0.25, 0.3) is 5.91 Å². The fourth-order valence-electron chi connectivity index (χ4n) is 1.56. The summed E-state index contributed by atoms with van der Waals surface area (Å²) in [6.07, 6.45) is -4.04. The summed E-state index contributed by atoms with van der Waals surface area (Å²) in [5.74, 6) is -0.989. The molecule has 1 rings (SSSR count). The molecule has 0 spiro atoms. The fourth-order valence-corrected chi connectivity index (χ4v) is 1.74. The molecule has 19 heavy (non-hydrogen) atoms. The number of carbonyl (C=O) groups is 1. The third kappa shape index (κ3) is 4.63. The van der Waals surface area contributed by atoms with Crippen molar-refractivity contribution in [2.24, 2.45) is 0 Å². The Hall–Kier alpha value is -1.43. The summed E-state index contributed by atoms with van der Waals surface area (Å²) in [6, 6.07) is 3.56. The minimum absolute atomic E-state index is 0.00314. The van der Waals surface area contributed by atoms with E-state index < -0.39 is 18.6 Å². The molecule has 1 aromatic rings. The molecule has 0 saturated heterocycles. The van der Waals surface area contributed by atoms with Gasteiger partial charge in [-0.2, -0.15) is 13.2 Å². The van der Waals surface area contributed by atoms with Gasteiger partial charge in [-0.25, -0.2) is 0 Å². The van der Waals surface area contributed by atoms with Crippen molar-refractivity contribution in [2.45, 2.75) is 19.5 Å². The van der Waals surface area contributed by atoms with Crippen LogP contribution in [-0.2, 0) is 0 Å². The van der Waals surface area contributed by atoms with Gasteiger partial charge in [-0.3, -0.25) is 4.79 Å². The lowest BCUT2D eigenvalue weighted by atomic mass is 10.2. The average molecular weight is 296 g/mol. The normalized spacial score (nSPS) is 11.4. The van der Waals surface area contributed by atoms with Crippen LogP contribution in [0.25, 0.3) is 0 Å². The number of rotatable bonds is 4. The number of alkyl halides is 3. The van der Waals surface area contributed by atoms with Crippen LogP contribution in [0.1, 0.15) is 23.7 Å². The first kappa shape index (κ1) is 15.6. The van der Waals surface area contributed by atoms with Crippen LogP contribution in [0, 0.1) is 0 Å². The van der Waals surface area contributed by atoms with Crippen LogP contribution in [0.2, 0.25) is 5.02 Å². The Morgan fingerprint density at radius 1 is 1.42 bits per heavy atom. The first-order valence-electron chi connectivity index (χ1n) is 5.59. The zero-order valence-corrected chi connectivity index (χ0v) is 10.9. The number of hydrogen-bond donors (Lipinski definition) is 1. The maximum Gasteiger partial charge on any atom is 0.406 e. The molecule has 1 amide bonds. The monoisotopic (exact) mass is 295 g/mol. The van der Waals surface area contributed by atoms with Gasteiger partial charge in [0.05, 0.1) is 5.02 Å². The lowest BCUT2D eigenvalue weighted by Crippen LogP contribution is -2.39. The van der Waals surface area contributed by atoms with E-state index in [-0.39, 0.29) is 22.9 Å². The molecule has 1 N–H and O–H groups in total. The van der Waals surface area contributed by atoms with Crippen molar-refractivity contribution in [3.8, 4) is 5.75 Å². The van der Waals surface area contributed by atoms with Crippen molar-refractivity contribution in [1.82, 2.24) is 4.90 Å². The van der Waals surface area contributed by atoms with Gasteiger partial charge in [0, 0.05) is 12.1 Å². The number of amides is 1. The predicted octanol–water partition coefficient (Wildman–Crippen LogP) is 3.46. The Morgan fingerprint density at radius 3 is 2.53 bits per heavy atom. The van der Waals surface area contributed by atoms with E-state index in [1.54, 1.807) is 6.92 Å². The van der Waals surface area contributed by atoms with Gasteiger partial charge in [-0.1, -0.05) is 18.5 Å². The zero-order chi connectivity index (χ0) is 14.6. The van der Waals surface area contributed by atoms with Crippen LogP contribution in [-0.4, -0.2) is 35.2 Å². The standard InChI is InChI=1S/C12H13ClF3NO2/c1-2-5-17(7-12(14,15)16)11(19)8-3-4-10(18)9(13)6-8/h3-4,6,18H,2,5,7H2,1H3. The number of benzene rings is 1. The summed E-state index contributed by atoms with van der Waals surface area (Å²) in [5.41, 5.74) is 0.0144. The number of nitrogens with zero attached hydrogens (tertiary/aromatic N) is 1. The Labute approximate surface area is 113 Å². The summed E-state index contributed by atoms with van der Waals surface area (Å²) in [7, 11) is 0. The maximum atomic E-state index is 12.4. The van der Waals surface area contributed by atoms with Crippen LogP contribution in [0.5, 0.6) is 5.75 Å². The molecule has 7 heteroatoms. The number of phenols is 1. The second kappa shape index (κ2) is 6.14. The van der Waals surface area contributed by atoms with E-state index in [1.165, 1.54) is 12.1 Å². The minimum Gasteiger partial charge on any atom is -0.506 e. The van der Waals surface area contributed by atoms with Gasteiger partial charge in [-0.15, -0.1) is 0 Å². The first-order chi connectivity index (χ1) is 8.74. The minimum atomic E-state index is -4.45. The van der Waals surface area contributed by atoms with Crippen LogP contribution < -0.4 is 0 Å². The van der Waals surface area contributed by atoms with Crippen molar-refractivity contribution in [2.75, 3.05) is 13.1 Å². The molecule has 0 aromatic heterocycles. The first-order valence-corrected chi connectivity index (χ1v) is 5.97. The third-order valence-electron chi connectivity index (χ3n) is 2.35. The molecule has 0 saturated carbocycles. The third-order valence-corrected chi connectivity index (χ3v) is 2.65. The highest BCUT2D eigenvalue weighted by molar-refractivity contribution is 6.32. The highest BCUT2D eigenvalue weighted by Gasteiger charge is 2.33. The van der Waals surface area contributed by atoms with Crippen LogP contribution in [0.4, 0.5) is 13.2 Å². The van der Waals surface area contributed by atoms with Crippen molar-refractivity contribution >= 4 is 17.5 Å². The lowest BCUT2D eigenvalue weighted by molar-refractivity contribution is -0.140. The molecular weight excluding hydrogens is 283 g/mol. The van der Waals surface area contributed by atoms with Crippen molar-refractivity contribution in [1.29, 1.82) is 0 Å². The molecule has 0 radical (unpaired) electrons. The van der Waals surface area contributed by atoms with Crippen LogP contribution >= 0.6 is 11.6 Å². The molecule has 0 aliphatic heterocycles. The molecule has 1 aromatic carbocycles. The topological polar surface area (TPSA) is 40.5 Å². The number of phenolic OH excluding ortho intramolecular Hbond substituents is 1. The summed E-state index contributed by atoms with van der Waals surface area (Å²) in [5, 5.41) is 9.14. The molecule has 0 heterocycles. The molecule has 0 aliphatic rings. The molecule has 0 atom stereocenters. The van der Waals surface area contributed by atoms with E-state index in [0.717, 1.165) is 6.07 Å². The summed E-state index contributed by atoms with van der Waals surface area (Å²) < 4.78 is 37.2. The number of aromatic hydroxyl groups is 1. The van der Waals surface area contributed by atoms with E-state index >= 15 is 0 Å². The van der Waals surface area contributed by atoms with Gasteiger partial charge in [-0.05, 0) is 24.6 Å². The summed E-state index contributed by atoms with van der Waals surface area (Å²) in [4.78, 5) is 12.7. The Morgan fingerprint density at radius 2 is 2.05 bits per heavy atom. The predicted molar refractivity (Wildman–Crippen MR) is 65.4 cm³/mol. The van der Waals surface area contributed by atoms with E-state index in [0.29, 0.717) is 11.3 Å². The van der Waals surface area contributed by atoms with Crippen LogP contribution in [0.3, 0.4) is 0 Å². The molecule has 0 fully saturated rings. The number of hydrogen-bond acceptors (Lipinski definition) is 2. The van der Waals surface area contributed by atoms with Gasteiger partial charge in [0.1, 0.15) is 12.3 Å². The quantitative estimate of drug-likeness (QED) is 0.924. The molecule has 106 valence electrons. The number of halogens is 4. The summed E-state index contributed by atoms with van der Waals surface area (Å²) in [6.45, 7) is 0.370. The smallest absolute Gasteiger partial charge is 0.406 e. The maximum absolute atomic E-state index is 12.4. The number of carbonyl (C=O) groups excluding carboxylic acids is 1. The van der Waals surface area contributed by atoms with Crippen molar-refractivity contribution in [3.63, 3.8) is 0 Å². The molecule has 0 unspecified atom stereocenters. The van der Waals surface area contributed by atoms with Gasteiger partial charge in [0.15, 0.2) is 0 Å². The van der Waals surface area contributed by atoms with Crippen molar-refractivity contribution < 1.29 is 23.1 Å². The van der Waals surface area contributed by atoms with E-state index in [1.807, 2.05) is 0 Å². The Kier molecular flexibility index (Phi) is 5.05. The fraction of sp³-hybridized carbons (Fsp3) is 0.417. The van der Waals surface area contributed by atoms with Gasteiger partial charge < -0.3 is 10.0 Å². The second-order valence-corrected chi connectivity index (χ2v) is 4.42. The van der Waals surface area contributed by atoms with E-state index in [9.17, 15) is 23.1 Å². The second-order valence-electron chi connectivity index (χ2n) is 4.01. The zero-order valence-electron chi connectivity index (χ0n) is 10.2. The van der Waals surface area contributed by atoms with Crippen LogP contribution in [0.15, 0.2) is 18.2 Å². The van der Waals surface area contributed by atoms with E-state index in [4.69, 9.17) is 11.6 Å². The highest BCUT2D eigenvalue weighted by Crippen LogP contribution is 2.25. The molecule has 3 nitrogen and oxygen atoms in total. The van der Waals surface area contributed by atoms with Crippen molar-refractivity contribution in [3.05, 3.63) is 28.8 Å². The van der Waals surface area contributed by atoms with E-state index in [2.05, 4.69) is 0 Å². The van der Waals surface area contributed by atoms with Gasteiger partial charge >= 0.3 is 6.18 Å². The summed E-state index contributed by atoms with van der Waals surface area (Å²) >= 11 is 5.63. The highest BCUT2D eigenvalue weighted by atomic mass is 35.5. The Bertz CT molecular complexity index is 463. The SMILES string of the molecule is CCCN(CC(F)(F)F)C(=O)c1ccc(O)c(Cl)c1. The Balaban J connectivity index is 2.95. The molecule has 0 aliphatic carbocycles.